The molecular weight excluding hydrogens is 369 g/mol. The Hall–Kier alpha value is -1.25. The van der Waals surface area contributed by atoms with Crippen molar-refractivity contribution in [3.8, 4) is 0 Å². The Bertz CT molecular complexity index is 627. The maximum absolute atomic E-state index is 13.5. The molecule has 0 N–H and O–H groups in total. The van der Waals surface area contributed by atoms with Crippen molar-refractivity contribution in [2.24, 2.45) is 17.8 Å². The fourth-order valence-electron chi connectivity index (χ4n) is 5.38. The van der Waals surface area contributed by atoms with Crippen molar-refractivity contribution in [3.05, 3.63) is 47.3 Å². The lowest BCUT2D eigenvalue weighted by molar-refractivity contribution is 0.289. The fraction of sp³-hybridized carbons (Fsp3) is 0.692. The summed E-state index contributed by atoms with van der Waals surface area (Å²) in [6.45, 7) is 2.28. The molecule has 2 saturated carbocycles. The molecule has 0 aliphatic heterocycles. The van der Waals surface area contributed by atoms with Crippen molar-refractivity contribution in [2.45, 2.75) is 96.3 Å². The maximum atomic E-state index is 13.5. The number of allylic oxidation sites excluding steroid dienone is 2. The molecule has 0 unspecified atom stereocenters. The van der Waals surface area contributed by atoms with Crippen LogP contribution in [-0.4, -0.2) is 0 Å². The largest absolute Gasteiger partial charge is 0.204 e. The molecule has 3 rings (SSSR count). The van der Waals surface area contributed by atoms with Crippen LogP contribution in [0.15, 0.2) is 24.3 Å². The van der Waals surface area contributed by atoms with Crippen molar-refractivity contribution < 1.29 is 13.2 Å². The van der Waals surface area contributed by atoms with Gasteiger partial charge in [0.05, 0.1) is 0 Å². The highest BCUT2D eigenvalue weighted by atomic mass is 19.2. The summed E-state index contributed by atoms with van der Waals surface area (Å²) in [5.74, 6) is -0.864. The molecule has 2 aliphatic carbocycles. The lowest BCUT2D eigenvalue weighted by Crippen LogP contribution is -2.14. The lowest BCUT2D eigenvalue weighted by atomic mass is 9.77. The highest BCUT2D eigenvalue weighted by Gasteiger charge is 2.24. The first kappa shape index (κ1) is 22.4. The quantitative estimate of drug-likeness (QED) is 0.299. The van der Waals surface area contributed by atoms with E-state index in [1.54, 1.807) is 0 Å². The van der Waals surface area contributed by atoms with Gasteiger partial charge in [-0.2, -0.15) is 0 Å². The zero-order valence-electron chi connectivity index (χ0n) is 17.9. The minimum absolute atomic E-state index is 0.161. The monoisotopic (exact) mass is 406 g/mol. The Morgan fingerprint density at radius 3 is 2.03 bits per heavy atom. The molecule has 2 fully saturated rings. The van der Waals surface area contributed by atoms with E-state index in [0.717, 1.165) is 43.9 Å². The van der Waals surface area contributed by atoms with E-state index in [0.29, 0.717) is 11.5 Å². The van der Waals surface area contributed by atoms with Crippen LogP contribution in [0.2, 0.25) is 0 Å². The van der Waals surface area contributed by atoms with E-state index in [1.165, 1.54) is 63.5 Å². The van der Waals surface area contributed by atoms with Gasteiger partial charge >= 0.3 is 0 Å². The second-order valence-electron chi connectivity index (χ2n) is 9.44. The van der Waals surface area contributed by atoms with Gasteiger partial charge in [-0.3, -0.25) is 0 Å². The minimum Gasteiger partial charge on any atom is -0.204 e. The first-order chi connectivity index (χ1) is 14.1. The molecular formula is C26H37F3. The van der Waals surface area contributed by atoms with E-state index in [2.05, 4.69) is 19.1 Å². The van der Waals surface area contributed by atoms with Gasteiger partial charge in [-0.15, -0.1) is 0 Å². The van der Waals surface area contributed by atoms with Crippen LogP contribution < -0.4 is 0 Å². The maximum Gasteiger partial charge on any atom is 0.194 e. The highest BCUT2D eigenvalue weighted by molar-refractivity contribution is 5.23. The third-order valence-electron chi connectivity index (χ3n) is 7.33. The van der Waals surface area contributed by atoms with Gasteiger partial charge in [0.1, 0.15) is 0 Å². The zero-order chi connectivity index (χ0) is 20.6. The molecule has 0 saturated heterocycles. The summed E-state index contributed by atoms with van der Waals surface area (Å²) >= 11 is 0. The average Bonchev–Trinajstić information content (AvgIpc) is 2.74. The molecule has 0 amide bonds. The first-order valence-corrected chi connectivity index (χ1v) is 11.9. The van der Waals surface area contributed by atoms with Crippen molar-refractivity contribution in [1.29, 1.82) is 0 Å². The van der Waals surface area contributed by atoms with E-state index >= 15 is 0 Å². The van der Waals surface area contributed by atoms with Crippen molar-refractivity contribution in [1.82, 2.24) is 0 Å². The summed E-state index contributed by atoms with van der Waals surface area (Å²) in [6, 6.07) is 2.37. The molecule has 0 nitrogen and oxygen atoms in total. The van der Waals surface area contributed by atoms with E-state index in [-0.39, 0.29) is 5.92 Å². The third kappa shape index (κ3) is 6.62. The molecule has 2 aliphatic rings. The standard InChI is InChI=1S/C26H37F3/c1-2-3-6-19-9-11-20(12-10-19)7-4-5-8-21-13-15-22(16-14-21)23-17-24(27)26(29)25(28)18-23/h4,7,17-22H,2-3,5-6,8-16H2,1H3/b7-4+. The fourth-order valence-corrected chi connectivity index (χ4v) is 5.38. The summed E-state index contributed by atoms with van der Waals surface area (Å²) < 4.78 is 40.1. The van der Waals surface area contributed by atoms with Gasteiger partial charge in [0, 0.05) is 0 Å². The Labute approximate surface area is 175 Å². The number of halogens is 3. The Kier molecular flexibility index (Phi) is 8.68. The smallest absolute Gasteiger partial charge is 0.194 e. The Balaban J connectivity index is 1.34. The molecule has 162 valence electrons. The van der Waals surface area contributed by atoms with Gasteiger partial charge < -0.3 is 0 Å². The van der Waals surface area contributed by atoms with E-state index < -0.39 is 17.5 Å². The number of rotatable bonds is 8. The van der Waals surface area contributed by atoms with E-state index in [4.69, 9.17) is 0 Å². The second-order valence-corrected chi connectivity index (χ2v) is 9.44. The molecule has 1 aromatic carbocycles. The zero-order valence-corrected chi connectivity index (χ0v) is 17.9. The second kappa shape index (κ2) is 11.2. The van der Waals surface area contributed by atoms with Gasteiger partial charge in [-0.25, -0.2) is 13.2 Å². The molecule has 0 aromatic heterocycles. The van der Waals surface area contributed by atoms with Crippen LogP contribution in [0.5, 0.6) is 0 Å². The van der Waals surface area contributed by atoms with Gasteiger partial charge in [0.15, 0.2) is 17.5 Å². The lowest BCUT2D eigenvalue weighted by Gasteiger charge is -2.29. The van der Waals surface area contributed by atoms with E-state index in [9.17, 15) is 13.2 Å². The molecule has 0 bridgehead atoms. The molecule has 0 heterocycles. The van der Waals surface area contributed by atoms with Crippen LogP contribution in [0, 0.1) is 35.2 Å². The number of hydrogen-bond acceptors (Lipinski definition) is 0. The van der Waals surface area contributed by atoms with Gasteiger partial charge in [0.25, 0.3) is 0 Å². The van der Waals surface area contributed by atoms with Crippen LogP contribution in [0.1, 0.15) is 102 Å². The first-order valence-electron chi connectivity index (χ1n) is 11.9. The number of benzene rings is 1. The molecule has 3 heteroatoms. The van der Waals surface area contributed by atoms with Crippen molar-refractivity contribution in [2.75, 3.05) is 0 Å². The molecule has 0 radical (unpaired) electrons. The molecule has 1 aromatic rings. The summed E-state index contributed by atoms with van der Waals surface area (Å²) in [5, 5.41) is 0. The van der Waals surface area contributed by atoms with Crippen LogP contribution in [0.4, 0.5) is 13.2 Å². The summed E-state index contributed by atoms with van der Waals surface area (Å²) in [4.78, 5) is 0. The van der Waals surface area contributed by atoms with Gasteiger partial charge in [-0.1, -0.05) is 38.3 Å². The molecule has 0 atom stereocenters. The van der Waals surface area contributed by atoms with Crippen LogP contribution in [0.3, 0.4) is 0 Å². The number of hydrogen-bond donors (Lipinski definition) is 0. The third-order valence-corrected chi connectivity index (χ3v) is 7.33. The van der Waals surface area contributed by atoms with Crippen LogP contribution in [0.25, 0.3) is 0 Å². The van der Waals surface area contributed by atoms with Crippen LogP contribution >= 0.6 is 0 Å². The topological polar surface area (TPSA) is 0 Å². The minimum atomic E-state index is -1.36. The normalized spacial score (nSPS) is 28.1. The van der Waals surface area contributed by atoms with Gasteiger partial charge in [0.2, 0.25) is 0 Å². The molecule has 29 heavy (non-hydrogen) atoms. The predicted molar refractivity (Wildman–Crippen MR) is 114 cm³/mol. The average molecular weight is 407 g/mol. The Morgan fingerprint density at radius 1 is 0.828 bits per heavy atom. The Morgan fingerprint density at radius 2 is 1.41 bits per heavy atom. The molecule has 0 spiro atoms. The summed E-state index contributed by atoms with van der Waals surface area (Å²) in [5.41, 5.74) is 0.620. The van der Waals surface area contributed by atoms with Crippen LogP contribution in [-0.2, 0) is 0 Å². The van der Waals surface area contributed by atoms with E-state index in [1.807, 2.05) is 0 Å². The number of unbranched alkanes of at least 4 members (excludes halogenated alkanes) is 1. The van der Waals surface area contributed by atoms with Crippen molar-refractivity contribution >= 4 is 0 Å². The summed E-state index contributed by atoms with van der Waals surface area (Å²) in [7, 11) is 0. The SMILES string of the molecule is CCCCC1CCC(/C=C/CCC2CCC(c3cc(F)c(F)c(F)c3)CC2)CC1. The van der Waals surface area contributed by atoms with Gasteiger partial charge in [-0.05, 0) is 106 Å². The summed E-state index contributed by atoms with van der Waals surface area (Å²) in [6.07, 6.45) is 21.0. The highest BCUT2D eigenvalue weighted by Crippen LogP contribution is 2.38. The predicted octanol–water partition coefficient (Wildman–Crippen LogP) is 8.71. The van der Waals surface area contributed by atoms with Crippen molar-refractivity contribution in [3.63, 3.8) is 0 Å².